The summed E-state index contributed by atoms with van der Waals surface area (Å²) in [7, 11) is 1.21. The van der Waals surface area contributed by atoms with E-state index in [0.717, 1.165) is 35.7 Å². The van der Waals surface area contributed by atoms with Gasteiger partial charge in [-0.3, -0.25) is 4.79 Å². The van der Waals surface area contributed by atoms with Crippen molar-refractivity contribution in [1.82, 2.24) is 14.9 Å². The number of benzene rings is 2. The Hall–Kier alpha value is -4.15. The summed E-state index contributed by atoms with van der Waals surface area (Å²) in [5.41, 5.74) is 1.65. The highest BCUT2D eigenvalue weighted by Crippen LogP contribution is 2.37. The lowest BCUT2D eigenvalue weighted by Gasteiger charge is -2.33. The van der Waals surface area contributed by atoms with E-state index in [0.29, 0.717) is 18.8 Å². The van der Waals surface area contributed by atoms with Crippen molar-refractivity contribution in [2.45, 2.75) is 77.0 Å². The first-order valence-corrected chi connectivity index (χ1v) is 14.6. The van der Waals surface area contributed by atoms with Crippen LogP contribution in [-0.4, -0.2) is 52.7 Å². The van der Waals surface area contributed by atoms with E-state index in [1.54, 1.807) is 4.90 Å². The average Bonchev–Trinajstić information content (AvgIpc) is 2.96. The Kier molecular flexibility index (Phi) is 10.2. The molecule has 1 saturated heterocycles. The fourth-order valence-corrected chi connectivity index (χ4v) is 5.35. The molecule has 236 valence electrons. The molecule has 4 rings (SSSR count). The topological polar surface area (TPSA) is 93.7 Å². The van der Waals surface area contributed by atoms with Gasteiger partial charge in [0.25, 0.3) is 0 Å². The van der Waals surface area contributed by atoms with Crippen molar-refractivity contribution in [1.29, 1.82) is 0 Å². The van der Waals surface area contributed by atoms with Crippen LogP contribution in [0.4, 0.5) is 29.6 Å². The second-order valence-electron chi connectivity index (χ2n) is 12.1. The first kappa shape index (κ1) is 32.8. The molecule has 1 unspecified atom stereocenters. The van der Waals surface area contributed by atoms with Crippen LogP contribution in [-0.2, 0) is 26.9 Å². The van der Waals surface area contributed by atoms with E-state index < -0.39 is 29.2 Å². The molecule has 11 heteroatoms. The van der Waals surface area contributed by atoms with E-state index in [4.69, 9.17) is 9.47 Å². The van der Waals surface area contributed by atoms with Gasteiger partial charge in [0.1, 0.15) is 5.60 Å². The number of ether oxygens (including phenoxy) is 2. The number of likely N-dealkylation sites (tertiary alicyclic amines) is 1. The number of alkyl halides is 3. The molecule has 0 saturated carbocycles. The number of hydrogen-bond donors (Lipinski definition) is 1. The Balaban J connectivity index is 1.51. The molecule has 2 heterocycles. The van der Waals surface area contributed by atoms with Crippen molar-refractivity contribution < 1.29 is 32.2 Å². The maximum atomic E-state index is 14.1. The third-order valence-electron chi connectivity index (χ3n) is 7.50. The van der Waals surface area contributed by atoms with Crippen molar-refractivity contribution in [3.63, 3.8) is 0 Å². The zero-order valence-electron chi connectivity index (χ0n) is 25.7. The highest BCUT2D eigenvalue weighted by atomic mass is 19.4. The predicted octanol–water partition coefficient (Wildman–Crippen LogP) is 7.55. The number of carbonyl (C=O) groups is 2. The van der Waals surface area contributed by atoms with Crippen molar-refractivity contribution in [2.24, 2.45) is 0 Å². The van der Waals surface area contributed by atoms with Gasteiger partial charge in [-0.15, -0.1) is 0 Å². The summed E-state index contributed by atoms with van der Waals surface area (Å²) in [4.78, 5) is 34.6. The van der Waals surface area contributed by atoms with Crippen LogP contribution >= 0.6 is 0 Å². The summed E-state index contributed by atoms with van der Waals surface area (Å²) in [5, 5.41) is 3.02. The number of anilines is 2. The summed E-state index contributed by atoms with van der Waals surface area (Å²) in [6.45, 7) is 8.61. The minimum absolute atomic E-state index is 0.00877. The number of halogens is 3. The van der Waals surface area contributed by atoms with Gasteiger partial charge < -0.3 is 19.7 Å². The number of carbonyl (C=O) groups excluding carboxylic acids is 2. The second-order valence-corrected chi connectivity index (χ2v) is 12.1. The maximum absolute atomic E-state index is 14.1. The van der Waals surface area contributed by atoms with Gasteiger partial charge in [0.2, 0.25) is 5.95 Å². The molecule has 8 nitrogen and oxygen atoms in total. The van der Waals surface area contributed by atoms with Gasteiger partial charge in [-0.25, -0.2) is 14.8 Å². The van der Waals surface area contributed by atoms with Crippen molar-refractivity contribution >= 4 is 23.7 Å². The first-order valence-electron chi connectivity index (χ1n) is 14.6. The Morgan fingerprint density at radius 2 is 1.75 bits per heavy atom. The molecular formula is C33H39F3N4O4. The van der Waals surface area contributed by atoms with E-state index in [-0.39, 0.29) is 36.5 Å². The fraction of sp³-hybridized carbons (Fsp3) is 0.455. The van der Waals surface area contributed by atoms with Gasteiger partial charge in [-0.1, -0.05) is 42.0 Å². The van der Waals surface area contributed by atoms with Crippen LogP contribution in [0.2, 0.25) is 0 Å². The number of hydrogen-bond acceptors (Lipinski definition) is 7. The molecule has 1 fully saturated rings. The maximum Gasteiger partial charge on any atom is 0.419 e. The summed E-state index contributed by atoms with van der Waals surface area (Å²) in [6.07, 6.45) is -2.78. The van der Waals surface area contributed by atoms with E-state index in [9.17, 15) is 22.8 Å². The lowest BCUT2D eigenvalue weighted by atomic mass is 9.89. The summed E-state index contributed by atoms with van der Waals surface area (Å²) >= 11 is 0. The molecule has 3 aromatic rings. The largest absolute Gasteiger partial charge is 0.469 e. The average molecular weight is 613 g/mol. The number of nitrogens with one attached hydrogen (secondary N) is 1. The molecule has 1 amide bonds. The monoisotopic (exact) mass is 612 g/mol. The molecule has 1 N–H and O–H groups in total. The van der Waals surface area contributed by atoms with Gasteiger partial charge in [-0.2, -0.15) is 13.2 Å². The second kappa shape index (κ2) is 13.7. The third kappa shape index (κ3) is 8.93. The zero-order chi connectivity index (χ0) is 32.1. The Morgan fingerprint density at radius 3 is 2.34 bits per heavy atom. The van der Waals surface area contributed by atoms with E-state index in [1.165, 1.54) is 7.11 Å². The first-order chi connectivity index (χ1) is 20.7. The minimum Gasteiger partial charge on any atom is -0.469 e. The zero-order valence-corrected chi connectivity index (χ0v) is 25.7. The highest BCUT2D eigenvalue weighted by Gasteiger charge is 2.38. The third-order valence-corrected chi connectivity index (χ3v) is 7.50. The van der Waals surface area contributed by atoms with E-state index in [2.05, 4.69) is 15.3 Å². The van der Waals surface area contributed by atoms with E-state index >= 15 is 0 Å². The number of rotatable bonds is 8. The number of aryl methyl sites for hydroxylation is 1. The fourth-order valence-electron chi connectivity index (χ4n) is 5.35. The number of esters is 1. The van der Waals surface area contributed by atoms with Crippen molar-refractivity contribution in [3.05, 3.63) is 82.7 Å². The summed E-state index contributed by atoms with van der Waals surface area (Å²) in [5.74, 6) is -1.27. The van der Waals surface area contributed by atoms with Crippen LogP contribution in [0.25, 0.3) is 0 Å². The molecule has 0 bridgehead atoms. The molecular weight excluding hydrogens is 573 g/mol. The Labute approximate surface area is 256 Å². The number of amides is 1. The molecule has 0 spiro atoms. The Morgan fingerprint density at radius 1 is 1.07 bits per heavy atom. The van der Waals surface area contributed by atoms with Crippen molar-refractivity contribution in [2.75, 3.05) is 25.5 Å². The van der Waals surface area contributed by atoms with Gasteiger partial charge in [0.05, 0.1) is 24.8 Å². The van der Waals surface area contributed by atoms with Crippen LogP contribution in [0.5, 0.6) is 0 Å². The molecule has 0 aliphatic carbocycles. The van der Waals surface area contributed by atoms with Crippen LogP contribution in [0.3, 0.4) is 0 Å². The van der Waals surface area contributed by atoms with Gasteiger partial charge >= 0.3 is 18.2 Å². The minimum atomic E-state index is -4.71. The van der Waals surface area contributed by atoms with Gasteiger partial charge in [0.15, 0.2) is 0 Å². The van der Waals surface area contributed by atoms with Crippen LogP contribution < -0.4 is 5.32 Å². The number of piperidine rings is 1. The predicted molar refractivity (Wildman–Crippen MR) is 161 cm³/mol. The molecule has 0 radical (unpaired) electrons. The summed E-state index contributed by atoms with van der Waals surface area (Å²) in [6, 6.07) is 15.0. The Bertz CT molecular complexity index is 1450. The lowest BCUT2D eigenvalue weighted by molar-refractivity contribution is -0.143. The van der Waals surface area contributed by atoms with Gasteiger partial charge in [0, 0.05) is 30.9 Å². The van der Waals surface area contributed by atoms with Crippen molar-refractivity contribution in [3.8, 4) is 0 Å². The smallest absolute Gasteiger partial charge is 0.419 e. The molecule has 44 heavy (non-hydrogen) atoms. The van der Waals surface area contributed by atoms with Crippen LogP contribution in [0.1, 0.15) is 79.8 Å². The molecule has 1 aromatic heterocycles. The van der Waals surface area contributed by atoms with Crippen LogP contribution in [0, 0.1) is 6.92 Å². The molecule has 1 aliphatic heterocycles. The van der Waals surface area contributed by atoms with Gasteiger partial charge in [-0.05, 0) is 76.1 Å². The molecule has 1 atom stereocenters. The lowest BCUT2D eigenvalue weighted by Crippen LogP contribution is -2.41. The molecule has 1 aliphatic rings. The quantitative estimate of drug-likeness (QED) is 0.263. The number of methoxy groups -OCH3 is 1. The normalized spacial score (nSPS) is 15.0. The van der Waals surface area contributed by atoms with E-state index in [1.807, 2.05) is 76.2 Å². The van der Waals surface area contributed by atoms with Crippen LogP contribution in [0.15, 0.2) is 54.7 Å². The standard InChI is InChI=1S/C33H39F3N4O4/c1-21-7-6-8-22(17-21)18-25(19-28(41)43-5)29-27(33(34,35)36)20-37-30(39-29)38-26-11-9-23(10-12-26)24-13-15-40(16-14-24)31(42)44-32(2,3)4/h6-12,17,20,24-25H,13-16,18-19H2,1-5H3,(H,37,38,39). The number of aromatic nitrogens is 2. The number of nitrogens with zero attached hydrogens (tertiary/aromatic N) is 3. The highest BCUT2D eigenvalue weighted by molar-refractivity contribution is 5.70. The SMILES string of the molecule is COC(=O)CC(Cc1cccc(C)c1)c1nc(Nc2ccc(C3CCN(C(=O)OC(C)(C)C)CC3)cc2)ncc1C(F)(F)F. The summed E-state index contributed by atoms with van der Waals surface area (Å²) < 4.78 is 52.6. The molecule has 2 aromatic carbocycles.